The van der Waals surface area contributed by atoms with Crippen molar-refractivity contribution < 1.29 is 9.59 Å². The molecule has 1 saturated carbocycles. The molecule has 3 rings (SSSR count). The second-order valence-corrected chi connectivity index (χ2v) is 6.87. The SMILES string of the molecule is CNC(=O)c1nn(CC(=O)N[C@@H]2CCCC[C@@H]2C)c(=O)c2ccccc12. The van der Waals surface area contributed by atoms with E-state index in [1.165, 1.54) is 13.5 Å². The fourth-order valence-electron chi connectivity index (χ4n) is 3.55. The molecule has 1 fully saturated rings. The second kappa shape index (κ2) is 7.68. The Kier molecular flexibility index (Phi) is 5.35. The standard InChI is InChI=1S/C19H24N4O3/c1-12-7-3-6-10-15(12)21-16(24)11-23-19(26)14-9-5-4-8-13(14)17(22-23)18(25)20-2/h4-5,8-9,12,15H,3,6-7,10-11H2,1-2H3,(H,20,25)(H,21,24)/t12-,15+/m0/s1. The van der Waals surface area contributed by atoms with Gasteiger partial charge in [0.15, 0.2) is 5.69 Å². The van der Waals surface area contributed by atoms with Gasteiger partial charge in [-0.1, -0.05) is 38.0 Å². The summed E-state index contributed by atoms with van der Waals surface area (Å²) in [6, 6.07) is 6.93. The molecule has 0 saturated heterocycles. The first-order chi connectivity index (χ1) is 12.5. The van der Waals surface area contributed by atoms with Crippen molar-refractivity contribution in [3.63, 3.8) is 0 Å². The average Bonchev–Trinajstić information content (AvgIpc) is 2.65. The molecule has 7 heteroatoms. The van der Waals surface area contributed by atoms with Gasteiger partial charge in [0.2, 0.25) is 5.91 Å². The number of amides is 2. The zero-order valence-electron chi connectivity index (χ0n) is 15.1. The van der Waals surface area contributed by atoms with Crippen molar-refractivity contribution in [2.75, 3.05) is 7.05 Å². The fourth-order valence-corrected chi connectivity index (χ4v) is 3.55. The van der Waals surface area contributed by atoms with E-state index in [1.807, 2.05) is 0 Å². The molecule has 2 N–H and O–H groups in total. The number of hydrogen-bond donors (Lipinski definition) is 2. The summed E-state index contributed by atoms with van der Waals surface area (Å²) < 4.78 is 1.08. The lowest BCUT2D eigenvalue weighted by Crippen LogP contribution is -2.44. The van der Waals surface area contributed by atoms with Crippen molar-refractivity contribution in [2.45, 2.75) is 45.2 Å². The maximum Gasteiger partial charge on any atom is 0.275 e. The third-order valence-corrected chi connectivity index (χ3v) is 5.06. The monoisotopic (exact) mass is 356 g/mol. The first kappa shape index (κ1) is 18.1. The molecule has 1 aliphatic rings. The molecule has 26 heavy (non-hydrogen) atoms. The molecule has 1 aliphatic carbocycles. The number of carbonyl (C=O) groups excluding carboxylic acids is 2. The van der Waals surface area contributed by atoms with Crippen LogP contribution in [0.4, 0.5) is 0 Å². The zero-order valence-corrected chi connectivity index (χ0v) is 15.1. The summed E-state index contributed by atoms with van der Waals surface area (Å²) in [7, 11) is 1.51. The number of hydrogen-bond acceptors (Lipinski definition) is 4. The minimum absolute atomic E-state index is 0.130. The van der Waals surface area contributed by atoms with Gasteiger partial charge in [-0.2, -0.15) is 5.10 Å². The number of carbonyl (C=O) groups is 2. The van der Waals surface area contributed by atoms with Crippen molar-refractivity contribution in [3.8, 4) is 0 Å². The van der Waals surface area contributed by atoms with Gasteiger partial charge in [0, 0.05) is 18.5 Å². The summed E-state index contributed by atoms with van der Waals surface area (Å²) in [4.78, 5) is 37.3. The van der Waals surface area contributed by atoms with Crippen LogP contribution in [0.5, 0.6) is 0 Å². The Morgan fingerprint density at radius 3 is 2.58 bits per heavy atom. The van der Waals surface area contributed by atoms with Gasteiger partial charge in [0.1, 0.15) is 6.54 Å². The van der Waals surface area contributed by atoms with Crippen molar-refractivity contribution in [2.24, 2.45) is 5.92 Å². The molecule has 0 bridgehead atoms. The minimum Gasteiger partial charge on any atom is -0.354 e. The van der Waals surface area contributed by atoms with Gasteiger partial charge < -0.3 is 10.6 Å². The molecule has 0 spiro atoms. The molecule has 1 aromatic carbocycles. The third kappa shape index (κ3) is 3.61. The first-order valence-corrected chi connectivity index (χ1v) is 9.02. The van der Waals surface area contributed by atoms with Gasteiger partial charge in [0.05, 0.1) is 5.39 Å². The lowest BCUT2D eigenvalue weighted by Gasteiger charge is -2.29. The highest BCUT2D eigenvalue weighted by Gasteiger charge is 2.23. The van der Waals surface area contributed by atoms with Crippen LogP contribution in [0.25, 0.3) is 10.8 Å². The van der Waals surface area contributed by atoms with Gasteiger partial charge in [0.25, 0.3) is 11.5 Å². The van der Waals surface area contributed by atoms with E-state index in [1.54, 1.807) is 24.3 Å². The second-order valence-electron chi connectivity index (χ2n) is 6.87. The zero-order chi connectivity index (χ0) is 18.7. The summed E-state index contributed by atoms with van der Waals surface area (Å²) >= 11 is 0. The van der Waals surface area contributed by atoms with Crippen molar-refractivity contribution >= 4 is 22.6 Å². The van der Waals surface area contributed by atoms with E-state index in [2.05, 4.69) is 22.7 Å². The quantitative estimate of drug-likeness (QED) is 0.867. The fraction of sp³-hybridized carbons (Fsp3) is 0.474. The molecule has 2 aromatic rings. The average molecular weight is 356 g/mol. The summed E-state index contributed by atoms with van der Waals surface area (Å²) in [5.41, 5.74) is -0.235. The number of rotatable bonds is 4. The molecule has 2 amide bonds. The van der Waals surface area contributed by atoms with Gasteiger partial charge in [-0.15, -0.1) is 0 Å². The summed E-state index contributed by atoms with van der Waals surface area (Å²) in [5.74, 6) is -0.219. The Balaban J connectivity index is 1.89. The van der Waals surface area contributed by atoms with Crippen molar-refractivity contribution in [1.29, 1.82) is 0 Å². The van der Waals surface area contributed by atoms with Crippen LogP contribution in [0.2, 0.25) is 0 Å². The van der Waals surface area contributed by atoms with Crippen LogP contribution in [0.3, 0.4) is 0 Å². The Labute approximate surface area is 151 Å². The van der Waals surface area contributed by atoms with Gasteiger partial charge in [-0.05, 0) is 24.8 Å². The number of aromatic nitrogens is 2. The van der Waals surface area contributed by atoms with E-state index < -0.39 is 5.91 Å². The Morgan fingerprint density at radius 1 is 1.19 bits per heavy atom. The number of fused-ring (bicyclic) bond motifs is 1. The van der Waals surface area contributed by atoms with E-state index in [0.29, 0.717) is 16.7 Å². The van der Waals surface area contributed by atoms with Gasteiger partial charge in [-0.3, -0.25) is 14.4 Å². The predicted molar refractivity (Wildman–Crippen MR) is 99.0 cm³/mol. The van der Waals surface area contributed by atoms with E-state index in [9.17, 15) is 14.4 Å². The highest BCUT2D eigenvalue weighted by Crippen LogP contribution is 2.23. The van der Waals surface area contributed by atoms with E-state index in [-0.39, 0.29) is 29.7 Å². The molecule has 0 radical (unpaired) electrons. The van der Waals surface area contributed by atoms with Crippen LogP contribution in [0.15, 0.2) is 29.1 Å². The molecule has 0 aliphatic heterocycles. The normalized spacial score (nSPS) is 19.9. The number of nitrogens with zero attached hydrogens (tertiary/aromatic N) is 2. The molecule has 0 unspecified atom stereocenters. The molecule has 1 heterocycles. The lowest BCUT2D eigenvalue weighted by molar-refractivity contribution is -0.123. The van der Waals surface area contributed by atoms with E-state index in [4.69, 9.17) is 0 Å². The molecule has 7 nitrogen and oxygen atoms in total. The smallest absolute Gasteiger partial charge is 0.275 e. The number of nitrogens with one attached hydrogen (secondary N) is 2. The maximum atomic E-state index is 12.7. The molecule has 2 atom stereocenters. The van der Waals surface area contributed by atoms with Crippen LogP contribution >= 0.6 is 0 Å². The van der Waals surface area contributed by atoms with Crippen molar-refractivity contribution in [3.05, 3.63) is 40.3 Å². The highest BCUT2D eigenvalue weighted by atomic mass is 16.2. The van der Waals surface area contributed by atoms with Crippen LogP contribution < -0.4 is 16.2 Å². The Hall–Kier alpha value is -2.70. The van der Waals surface area contributed by atoms with Crippen LogP contribution in [-0.4, -0.2) is 34.7 Å². The van der Waals surface area contributed by atoms with E-state index in [0.717, 1.165) is 23.9 Å². The third-order valence-electron chi connectivity index (χ3n) is 5.06. The molecular formula is C19H24N4O3. The van der Waals surface area contributed by atoms with Crippen molar-refractivity contribution in [1.82, 2.24) is 20.4 Å². The topological polar surface area (TPSA) is 93.1 Å². The van der Waals surface area contributed by atoms with Crippen LogP contribution in [0.1, 0.15) is 43.1 Å². The van der Waals surface area contributed by atoms with Crippen LogP contribution in [-0.2, 0) is 11.3 Å². The first-order valence-electron chi connectivity index (χ1n) is 9.02. The van der Waals surface area contributed by atoms with Gasteiger partial charge in [-0.25, -0.2) is 4.68 Å². The van der Waals surface area contributed by atoms with Crippen LogP contribution in [0, 0.1) is 5.92 Å². The summed E-state index contributed by atoms with van der Waals surface area (Å²) in [6.45, 7) is 1.94. The van der Waals surface area contributed by atoms with E-state index >= 15 is 0 Å². The highest BCUT2D eigenvalue weighted by molar-refractivity contribution is 6.04. The summed E-state index contributed by atoms with van der Waals surface area (Å²) in [5, 5.41) is 10.6. The summed E-state index contributed by atoms with van der Waals surface area (Å²) in [6.07, 6.45) is 4.34. The molecular weight excluding hydrogens is 332 g/mol. The lowest BCUT2D eigenvalue weighted by atomic mass is 9.86. The minimum atomic E-state index is -0.392. The molecule has 138 valence electrons. The Bertz CT molecular complexity index is 890. The van der Waals surface area contributed by atoms with Gasteiger partial charge >= 0.3 is 0 Å². The number of benzene rings is 1. The predicted octanol–water partition coefficient (Wildman–Crippen LogP) is 1.45. The maximum absolute atomic E-state index is 12.7. The molecule has 1 aromatic heterocycles. The Morgan fingerprint density at radius 2 is 1.88 bits per heavy atom. The largest absolute Gasteiger partial charge is 0.354 e.